The van der Waals surface area contributed by atoms with Gasteiger partial charge in [0.15, 0.2) is 0 Å². The largest absolute Gasteiger partial charge is 0.467 e. The Morgan fingerprint density at radius 3 is 0.842 bits per heavy atom. The zero-order chi connectivity index (χ0) is 39.7. The van der Waals surface area contributed by atoms with Gasteiger partial charge in [-0.3, -0.25) is 0 Å². The SMILES string of the molecule is NCc1ccc(Oc2ccc(CO)c(B3OB(c4cc(Oc5ccc(CN)cc5)ccc4CO)OB(c4cc(Oc5ccc(CN)cc5)ccc4CO)O3)c2)cc1. The van der Waals surface area contributed by atoms with Crippen LogP contribution < -0.4 is 47.8 Å². The van der Waals surface area contributed by atoms with Gasteiger partial charge in [0.05, 0.1) is 19.8 Å². The summed E-state index contributed by atoms with van der Waals surface area (Å²) in [5.74, 6) is 3.16. The summed E-state index contributed by atoms with van der Waals surface area (Å²) in [6.45, 7) is 0.217. The Labute approximate surface area is 332 Å². The molecule has 1 heterocycles. The minimum atomic E-state index is -1.14. The zero-order valence-electron chi connectivity index (χ0n) is 31.1. The van der Waals surface area contributed by atoms with Crippen molar-refractivity contribution in [1.82, 2.24) is 0 Å². The van der Waals surface area contributed by atoms with E-state index in [4.69, 9.17) is 45.1 Å². The number of ether oxygens (including phenoxy) is 3. The van der Waals surface area contributed by atoms with Crippen LogP contribution in [0.3, 0.4) is 0 Å². The first-order valence-corrected chi connectivity index (χ1v) is 18.5. The molecule has 6 aromatic rings. The molecule has 1 aliphatic rings. The lowest BCUT2D eigenvalue weighted by molar-refractivity contribution is 0.276. The molecule has 0 unspecified atom stereocenters. The molecule has 0 atom stereocenters. The Morgan fingerprint density at radius 1 is 0.368 bits per heavy atom. The molecule has 0 amide bonds. The lowest BCUT2D eigenvalue weighted by atomic mass is 9.59. The molecule has 15 heteroatoms. The molecule has 1 fully saturated rings. The average Bonchev–Trinajstić information content (AvgIpc) is 3.27. The number of hydrogen-bond acceptors (Lipinski definition) is 12. The van der Waals surface area contributed by atoms with Crippen LogP contribution in [0.15, 0.2) is 127 Å². The van der Waals surface area contributed by atoms with Gasteiger partial charge in [0.1, 0.15) is 34.5 Å². The zero-order valence-corrected chi connectivity index (χ0v) is 31.1. The second kappa shape index (κ2) is 18.7. The topological polar surface area (TPSA) is 194 Å². The highest BCUT2D eigenvalue weighted by Gasteiger charge is 2.46. The molecular formula is C42H42B3N3O9. The molecule has 57 heavy (non-hydrogen) atoms. The monoisotopic (exact) mass is 765 g/mol. The molecule has 6 aromatic carbocycles. The van der Waals surface area contributed by atoms with Gasteiger partial charge < -0.3 is 60.4 Å². The van der Waals surface area contributed by atoms with Crippen molar-refractivity contribution in [2.24, 2.45) is 17.2 Å². The molecular weight excluding hydrogens is 723 g/mol. The summed E-state index contributed by atoms with van der Waals surface area (Å²) in [6.07, 6.45) is 0. The van der Waals surface area contributed by atoms with E-state index in [0.29, 0.717) is 87.2 Å². The Bertz CT molecular complexity index is 2010. The number of aliphatic hydroxyl groups is 3. The summed E-state index contributed by atoms with van der Waals surface area (Å²) in [5.41, 5.74) is 23.2. The fraction of sp³-hybridized carbons (Fsp3) is 0.143. The quantitative estimate of drug-likeness (QED) is 0.0836. The van der Waals surface area contributed by atoms with Crippen LogP contribution in [0, 0.1) is 0 Å². The van der Waals surface area contributed by atoms with Crippen LogP contribution in [0.2, 0.25) is 0 Å². The van der Waals surface area contributed by atoms with E-state index in [2.05, 4.69) is 0 Å². The lowest BCUT2D eigenvalue weighted by Gasteiger charge is -2.33. The normalized spacial score (nSPS) is 12.8. The minimum Gasteiger partial charge on any atom is -0.457 e. The molecule has 0 aliphatic carbocycles. The summed E-state index contributed by atoms with van der Waals surface area (Å²) in [6, 6.07) is 37.9. The van der Waals surface area contributed by atoms with Crippen molar-refractivity contribution in [3.8, 4) is 34.5 Å². The molecule has 288 valence electrons. The predicted molar refractivity (Wildman–Crippen MR) is 220 cm³/mol. The van der Waals surface area contributed by atoms with Gasteiger partial charge >= 0.3 is 21.4 Å². The van der Waals surface area contributed by atoms with E-state index in [1.807, 2.05) is 72.8 Å². The maximum Gasteiger partial charge on any atom is 0.467 e. The standard InChI is InChI=1S/C42H42B3N3O9/c46-22-28-1-10-34(11-2-28)52-37-16-7-31(25-49)40(19-37)43-55-44(41-20-38(17-8-32(41)26-50)53-35-12-3-29(23-47)4-13-35)57-45(56-43)42-21-39(18-9-33(42)27-51)54-36-14-5-30(24-48)6-15-36/h1-21,49-51H,22-27,46-48H2. The van der Waals surface area contributed by atoms with Gasteiger partial charge in [0.2, 0.25) is 0 Å². The second-order valence-corrected chi connectivity index (χ2v) is 13.3. The van der Waals surface area contributed by atoms with Gasteiger partial charge in [-0.15, -0.1) is 0 Å². The number of hydrogen-bond donors (Lipinski definition) is 6. The fourth-order valence-electron chi connectivity index (χ4n) is 6.36. The lowest BCUT2D eigenvalue weighted by Crippen LogP contribution is -2.62. The van der Waals surface area contributed by atoms with Crippen molar-refractivity contribution in [3.05, 3.63) is 161 Å². The third kappa shape index (κ3) is 9.58. The number of nitrogens with two attached hydrogens (primary N) is 3. The summed E-state index contributed by atoms with van der Waals surface area (Å²) in [5, 5.41) is 31.6. The Hall–Kier alpha value is -5.45. The molecule has 0 aromatic heterocycles. The van der Waals surface area contributed by atoms with Crippen molar-refractivity contribution in [1.29, 1.82) is 0 Å². The molecule has 1 saturated heterocycles. The van der Waals surface area contributed by atoms with Crippen LogP contribution in [-0.4, -0.2) is 36.7 Å². The summed E-state index contributed by atoms with van der Waals surface area (Å²) in [4.78, 5) is 0. The fourth-order valence-corrected chi connectivity index (χ4v) is 6.36. The number of rotatable bonds is 15. The molecule has 0 bridgehead atoms. The van der Waals surface area contributed by atoms with Gasteiger partial charge in [-0.25, -0.2) is 0 Å². The number of aliphatic hydroxyl groups excluding tert-OH is 3. The highest BCUT2D eigenvalue weighted by atomic mass is 16.7. The molecule has 12 nitrogen and oxygen atoms in total. The number of benzene rings is 6. The van der Waals surface area contributed by atoms with Crippen LogP contribution in [0.5, 0.6) is 34.5 Å². The van der Waals surface area contributed by atoms with Gasteiger partial charge in [0, 0.05) is 19.6 Å². The first-order chi connectivity index (χ1) is 27.9. The van der Waals surface area contributed by atoms with E-state index in [1.165, 1.54) is 0 Å². The molecule has 0 saturated carbocycles. The van der Waals surface area contributed by atoms with E-state index < -0.39 is 21.4 Å². The van der Waals surface area contributed by atoms with Crippen molar-refractivity contribution >= 4 is 37.7 Å². The van der Waals surface area contributed by atoms with Crippen LogP contribution in [-0.2, 0) is 53.2 Å². The van der Waals surface area contributed by atoms with E-state index in [9.17, 15) is 15.3 Å². The molecule has 9 N–H and O–H groups in total. The van der Waals surface area contributed by atoms with Gasteiger partial charge in [-0.05, 0) is 123 Å². The van der Waals surface area contributed by atoms with Gasteiger partial charge in [-0.2, -0.15) is 0 Å². The van der Waals surface area contributed by atoms with E-state index in [0.717, 1.165) is 16.7 Å². The average molecular weight is 765 g/mol. The van der Waals surface area contributed by atoms with Gasteiger partial charge in [0.25, 0.3) is 0 Å². The first kappa shape index (κ1) is 39.8. The summed E-state index contributed by atoms with van der Waals surface area (Å²) in [7, 11) is -3.42. The molecule has 7 rings (SSSR count). The van der Waals surface area contributed by atoms with Crippen molar-refractivity contribution in [2.75, 3.05) is 0 Å². The Balaban J connectivity index is 1.27. The van der Waals surface area contributed by atoms with Gasteiger partial charge in [-0.1, -0.05) is 54.6 Å². The third-order valence-corrected chi connectivity index (χ3v) is 9.55. The minimum absolute atomic E-state index is 0.331. The van der Waals surface area contributed by atoms with Crippen LogP contribution in [0.25, 0.3) is 0 Å². The maximum atomic E-state index is 10.5. The van der Waals surface area contributed by atoms with E-state index in [-0.39, 0.29) is 19.8 Å². The first-order valence-electron chi connectivity index (χ1n) is 18.5. The van der Waals surface area contributed by atoms with E-state index in [1.54, 1.807) is 54.6 Å². The van der Waals surface area contributed by atoms with Crippen molar-refractivity contribution in [3.63, 3.8) is 0 Å². The van der Waals surface area contributed by atoms with Crippen molar-refractivity contribution < 1.29 is 43.2 Å². The maximum absolute atomic E-state index is 10.5. The van der Waals surface area contributed by atoms with Crippen LogP contribution >= 0.6 is 0 Å². The third-order valence-electron chi connectivity index (χ3n) is 9.55. The van der Waals surface area contributed by atoms with Crippen molar-refractivity contribution in [2.45, 2.75) is 39.5 Å². The predicted octanol–water partition coefficient (Wildman–Crippen LogP) is 3.47. The highest BCUT2D eigenvalue weighted by molar-refractivity contribution is 6.87. The molecule has 1 aliphatic heterocycles. The Kier molecular flexibility index (Phi) is 13.0. The smallest absolute Gasteiger partial charge is 0.457 e. The van der Waals surface area contributed by atoms with Crippen LogP contribution in [0.4, 0.5) is 0 Å². The highest BCUT2D eigenvalue weighted by Crippen LogP contribution is 2.27. The molecule has 0 spiro atoms. The van der Waals surface area contributed by atoms with E-state index >= 15 is 0 Å². The summed E-state index contributed by atoms with van der Waals surface area (Å²) >= 11 is 0. The summed E-state index contributed by atoms with van der Waals surface area (Å²) < 4.78 is 38.3. The second-order valence-electron chi connectivity index (χ2n) is 13.3. The Morgan fingerprint density at radius 2 is 0.614 bits per heavy atom. The van der Waals surface area contributed by atoms with Crippen LogP contribution in [0.1, 0.15) is 33.4 Å². The molecule has 0 radical (unpaired) electrons.